The first-order valence-electron chi connectivity index (χ1n) is 6.59. The molecule has 0 bridgehead atoms. The Labute approximate surface area is 103 Å². The third-order valence-electron chi connectivity index (χ3n) is 3.32. The minimum atomic E-state index is -0.847. The first-order chi connectivity index (χ1) is 8.06. The number of carboxylic acids is 1. The molecule has 1 aliphatic rings. The molecular formula is C13H23NO3. The highest BCUT2D eigenvalue weighted by Crippen LogP contribution is 2.38. The second-order valence-corrected chi connectivity index (χ2v) is 5.05. The number of rotatable bonds is 8. The Kier molecular flexibility index (Phi) is 5.45. The molecule has 17 heavy (non-hydrogen) atoms. The fourth-order valence-corrected chi connectivity index (χ4v) is 2.06. The van der Waals surface area contributed by atoms with Gasteiger partial charge in [0.05, 0.1) is 11.8 Å². The molecule has 0 aliphatic heterocycles. The van der Waals surface area contributed by atoms with Crippen LogP contribution in [0.5, 0.6) is 0 Å². The van der Waals surface area contributed by atoms with Gasteiger partial charge in [-0.15, -0.1) is 0 Å². The minimum absolute atomic E-state index is 0.0830. The summed E-state index contributed by atoms with van der Waals surface area (Å²) in [6, 6.07) is 0.161. The first kappa shape index (κ1) is 14.0. The number of carbonyl (C=O) groups is 2. The molecule has 1 amide bonds. The number of carboxylic acid groups (broad SMARTS) is 1. The SMILES string of the molecule is CCCCCCC(C)NC(=O)C1CC1C(=O)O. The highest BCUT2D eigenvalue weighted by Gasteiger charge is 2.48. The van der Waals surface area contributed by atoms with Crippen molar-refractivity contribution in [3.8, 4) is 0 Å². The number of hydrogen-bond acceptors (Lipinski definition) is 2. The van der Waals surface area contributed by atoms with Crippen molar-refractivity contribution >= 4 is 11.9 Å². The van der Waals surface area contributed by atoms with Crippen LogP contribution in [0.3, 0.4) is 0 Å². The van der Waals surface area contributed by atoms with Crippen LogP contribution in [0.1, 0.15) is 52.4 Å². The van der Waals surface area contributed by atoms with Gasteiger partial charge in [-0.2, -0.15) is 0 Å². The van der Waals surface area contributed by atoms with E-state index in [1.165, 1.54) is 19.3 Å². The lowest BCUT2D eigenvalue weighted by atomic mass is 10.1. The number of aliphatic carboxylic acids is 1. The molecule has 0 radical (unpaired) electrons. The van der Waals surface area contributed by atoms with Crippen LogP contribution in [-0.4, -0.2) is 23.0 Å². The molecule has 98 valence electrons. The number of amides is 1. The van der Waals surface area contributed by atoms with E-state index in [-0.39, 0.29) is 17.9 Å². The second kappa shape index (κ2) is 6.62. The lowest BCUT2D eigenvalue weighted by Gasteiger charge is -2.13. The van der Waals surface area contributed by atoms with Gasteiger partial charge in [-0.1, -0.05) is 32.6 Å². The molecule has 0 aromatic rings. The first-order valence-corrected chi connectivity index (χ1v) is 6.59. The van der Waals surface area contributed by atoms with Gasteiger partial charge in [-0.25, -0.2) is 0 Å². The normalized spacial score (nSPS) is 24.1. The molecule has 3 unspecified atom stereocenters. The third-order valence-corrected chi connectivity index (χ3v) is 3.32. The highest BCUT2D eigenvalue weighted by molar-refractivity contribution is 5.89. The summed E-state index contributed by atoms with van der Waals surface area (Å²) in [4.78, 5) is 22.3. The molecule has 1 fully saturated rings. The van der Waals surface area contributed by atoms with Gasteiger partial charge < -0.3 is 10.4 Å². The van der Waals surface area contributed by atoms with Crippen LogP contribution in [0.2, 0.25) is 0 Å². The van der Waals surface area contributed by atoms with Crippen molar-refractivity contribution < 1.29 is 14.7 Å². The van der Waals surface area contributed by atoms with E-state index in [0.717, 1.165) is 12.8 Å². The van der Waals surface area contributed by atoms with Gasteiger partial charge in [0.1, 0.15) is 0 Å². The summed E-state index contributed by atoms with van der Waals surface area (Å²) in [6.07, 6.45) is 6.27. The van der Waals surface area contributed by atoms with Crippen molar-refractivity contribution in [3.63, 3.8) is 0 Å². The fourth-order valence-electron chi connectivity index (χ4n) is 2.06. The molecule has 0 aromatic heterocycles. The highest BCUT2D eigenvalue weighted by atomic mass is 16.4. The zero-order valence-corrected chi connectivity index (χ0v) is 10.7. The van der Waals surface area contributed by atoms with Crippen molar-refractivity contribution in [1.82, 2.24) is 5.32 Å². The van der Waals surface area contributed by atoms with Crippen molar-refractivity contribution in [1.29, 1.82) is 0 Å². The molecule has 4 nitrogen and oxygen atoms in total. The monoisotopic (exact) mass is 241 g/mol. The number of carbonyl (C=O) groups excluding carboxylic acids is 1. The third kappa shape index (κ3) is 4.75. The maximum Gasteiger partial charge on any atom is 0.307 e. The molecule has 3 atom stereocenters. The minimum Gasteiger partial charge on any atom is -0.481 e. The lowest BCUT2D eigenvalue weighted by molar-refractivity contribution is -0.140. The van der Waals surface area contributed by atoms with E-state index in [1.54, 1.807) is 0 Å². The van der Waals surface area contributed by atoms with Crippen molar-refractivity contribution in [3.05, 3.63) is 0 Å². The average Bonchev–Trinajstić information content (AvgIpc) is 3.04. The van der Waals surface area contributed by atoms with E-state index < -0.39 is 11.9 Å². The summed E-state index contributed by atoms with van der Waals surface area (Å²) < 4.78 is 0. The maximum atomic E-state index is 11.6. The topological polar surface area (TPSA) is 66.4 Å². The van der Waals surface area contributed by atoms with Crippen LogP contribution in [-0.2, 0) is 9.59 Å². The van der Waals surface area contributed by atoms with Gasteiger partial charge in [0.2, 0.25) is 5.91 Å². The molecule has 0 saturated heterocycles. The average molecular weight is 241 g/mol. The van der Waals surface area contributed by atoms with E-state index in [2.05, 4.69) is 12.2 Å². The summed E-state index contributed by atoms with van der Waals surface area (Å²) in [7, 11) is 0. The molecule has 2 N–H and O–H groups in total. The Bertz CT molecular complexity index is 278. The molecule has 0 aromatic carbocycles. The zero-order valence-electron chi connectivity index (χ0n) is 10.7. The van der Waals surface area contributed by atoms with Gasteiger partial charge in [0.25, 0.3) is 0 Å². The summed E-state index contributed by atoms with van der Waals surface area (Å²) >= 11 is 0. The second-order valence-electron chi connectivity index (χ2n) is 5.05. The molecule has 1 rings (SSSR count). The van der Waals surface area contributed by atoms with Crippen LogP contribution in [0.25, 0.3) is 0 Å². The van der Waals surface area contributed by atoms with Crippen LogP contribution < -0.4 is 5.32 Å². The van der Waals surface area contributed by atoms with Gasteiger partial charge in [0.15, 0.2) is 0 Å². The van der Waals surface area contributed by atoms with Gasteiger partial charge >= 0.3 is 5.97 Å². The summed E-state index contributed by atoms with van der Waals surface area (Å²) in [5, 5.41) is 11.6. The van der Waals surface area contributed by atoms with E-state index >= 15 is 0 Å². The standard InChI is InChI=1S/C13H23NO3/c1-3-4-5-6-7-9(2)14-12(15)10-8-11(10)13(16)17/h9-11H,3-8H2,1-2H3,(H,14,15)(H,16,17). The maximum absolute atomic E-state index is 11.6. The number of nitrogens with one attached hydrogen (secondary N) is 1. The molecular weight excluding hydrogens is 218 g/mol. The van der Waals surface area contributed by atoms with Gasteiger partial charge in [-0.3, -0.25) is 9.59 Å². The van der Waals surface area contributed by atoms with Crippen LogP contribution in [0, 0.1) is 11.8 Å². The van der Waals surface area contributed by atoms with Crippen LogP contribution in [0.15, 0.2) is 0 Å². The molecule has 0 heterocycles. The van der Waals surface area contributed by atoms with Crippen molar-refractivity contribution in [2.45, 2.75) is 58.4 Å². The predicted molar refractivity (Wildman–Crippen MR) is 65.6 cm³/mol. The Balaban J connectivity index is 2.12. The van der Waals surface area contributed by atoms with Crippen LogP contribution in [0.4, 0.5) is 0 Å². The molecule has 4 heteroatoms. The van der Waals surface area contributed by atoms with E-state index in [4.69, 9.17) is 5.11 Å². The van der Waals surface area contributed by atoms with E-state index in [1.807, 2.05) is 6.92 Å². The lowest BCUT2D eigenvalue weighted by Crippen LogP contribution is -2.34. The molecule has 0 spiro atoms. The summed E-state index contributed by atoms with van der Waals surface area (Å²) in [5.41, 5.74) is 0. The summed E-state index contributed by atoms with van der Waals surface area (Å²) in [6.45, 7) is 4.16. The Morgan fingerprint density at radius 2 is 2.00 bits per heavy atom. The van der Waals surface area contributed by atoms with Crippen LogP contribution >= 0.6 is 0 Å². The zero-order chi connectivity index (χ0) is 12.8. The van der Waals surface area contributed by atoms with E-state index in [0.29, 0.717) is 6.42 Å². The predicted octanol–water partition coefficient (Wildman–Crippen LogP) is 2.18. The number of unbranched alkanes of at least 4 members (excludes halogenated alkanes) is 3. The number of hydrogen-bond donors (Lipinski definition) is 2. The Morgan fingerprint density at radius 1 is 1.29 bits per heavy atom. The Morgan fingerprint density at radius 3 is 2.53 bits per heavy atom. The Hall–Kier alpha value is -1.06. The van der Waals surface area contributed by atoms with Gasteiger partial charge in [0, 0.05) is 6.04 Å². The fraction of sp³-hybridized carbons (Fsp3) is 0.846. The van der Waals surface area contributed by atoms with Gasteiger partial charge in [-0.05, 0) is 19.8 Å². The van der Waals surface area contributed by atoms with E-state index in [9.17, 15) is 9.59 Å². The quantitative estimate of drug-likeness (QED) is 0.640. The van der Waals surface area contributed by atoms with Crippen molar-refractivity contribution in [2.24, 2.45) is 11.8 Å². The van der Waals surface area contributed by atoms with Crippen molar-refractivity contribution in [2.75, 3.05) is 0 Å². The molecule has 1 aliphatic carbocycles. The smallest absolute Gasteiger partial charge is 0.307 e. The summed E-state index contributed by atoms with van der Waals surface area (Å²) in [5.74, 6) is -1.66. The largest absolute Gasteiger partial charge is 0.481 e. The molecule has 1 saturated carbocycles.